The molecule has 0 spiro atoms. The Morgan fingerprint density at radius 1 is 0.792 bits per heavy atom. The quantitative estimate of drug-likeness (QED) is 0.557. The van der Waals surface area contributed by atoms with Gasteiger partial charge in [-0.25, -0.2) is 4.99 Å². The zero-order chi connectivity index (χ0) is 16.4. The smallest absolute Gasteiger partial charge is 0.222 e. The number of alkyl halides is 1. The minimum absolute atomic E-state index is 0.592. The van der Waals surface area contributed by atoms with Crippen molar-refractivity contribution < 1.29 is 4.74 Å². The second-order valence-electron chi connectivity index (χ2n) is 5.73. The van der Waals surface area contributed by atoms with Crippen LogP contribution in [0, 0.1) is 0 Å². The SMILES string of the molecule is BrCC1(c2ccccc2)OC(c2ccccc2)=Nc2ccccc21. The Kier molecular flexibility index (Phi) is 3.95. The lowest BCUT2D eigenvalue weighted by molar-refractivity contribution is 0.121. The van der Waals surface area contributed by atoms with Gasteiger partial charge in [0.15, 0.2) is 5.60 Å². The van der Waals surface area contributed by atoms with Gasteiger partial charge in [0.25, 0.3) is 0 Å². The fraction of sp³-hybridized carbons (Fsp3) is 0.0952. The van der Waals surface area contributed by atoms with Gasteiger partial charge in [0.2, 0.25) is 5.90 Å². The van der Waals surface area contributed by atoms with Gasteiger partial charge in [-0.2, -0.15) is 0 Å². The summed E-state index contributed by atoms with van der Waals surface area (Å²) < 4.78 is 6.52. The van der Waals surface area contributed by atoms with Crippen molar-refractivity contribution in [2.45, 2.75) is 5.60 Å². The van der Waals surface area contributed by atoms with E-state index in [1.54, 1.807) is 0 Å². The van der Waals surface area contributed by atoms with E-state index >= 15 is 0 Å². The molecular weight excluding hydrogens is 362 g/mol. The van der Waals surface area contributed by atoms with Crippen LogP contribution in [0.4, 0.5) is 5.69 Å². The number of hydrogen-bond acceptors (Lipinski definition) is 2. The van der Waals surface area contributed by atoms with E-state index in [0.717, 1.165) is 22.4 Å². The highest BCUT2D eigenvalue weighted by Crippen LogP contribution is 2.44. The van der Waals surface area contributed by atoms with Gasteiger partial charge in [-0.15, -0.1) is 0 Å². The third kappa shape index (κ3) is 2.45. The monoisotopic (exact) mass is 377 g/mol. The fourth-order valence-electron chi connectivity index (χ4n) is 3.07. The summed E-state index contributed by atoms with van der Waals surface area (Å²) in [5.74, 6) is 0.651. The van der Waals surface area contributed by atoms with Gasteiger partial charge in [0.05, 0.1) is 11.0 Å². The molecule has 0 aliphatic carbocycles. The predicted molar refractivity (Wildman–Crippen MR) is 101 cm³/mol. The number of nitrogens with zero attached hydrogens (tertiary/aromatic N) is 1. The van der Waals surface area contributed by atoms with Crippen molar-refractivity contribution in [1.82, 2.24) is 0 Å². The Bertz CT molecular complexity index is 877. The second-order valence-corrected chi connectivity index (χ2v) is 6.29. The number of hydrogen-bond donors (Lipinski definition) is 0. The molecule has 1 aliphatic rings. The highest BCUT2D eigenvalue weighted by atomic mass is 79.9. The molecule has 0 bridgehead atoms. The van der Waals surface area contributed by atoms with E-state index in [2.05, 4.69) is 34.1 Å². The van der Waals surface area contributed by atoms with Crippen LogP contribution in [0.5, 0.6) is 0 Å². The predicted octanol–water partition coefficient (Wildman–Crippen LogP) is 5.43. The third-order valence-electron chi connectivity index (χ3n) is 4.28. The van der Waals surface area contributed by atoms with Crippen LogP contribution < -0.4 is 0 Å². The maximum atomic E-state index is 6.52. The van der Waals surface area contributed by atoms with Crippen molar-refractivity contribution in [2.75, 3.05) is 5.33 Å². The minimum atomic E-state index is -0.592. The average Bonchev–Trinajstić information content (AvgIpc) is 2.68. The summed E-state index contributed by atoms with van der Waals surface area (Å²) in [6.45, 7) is 0. The molecule has 4 rings (SSSR count). The van der Waals surface area contributed by atoms with Crippen LogP contribution in [0.15, 0.2) is 89.9 Å². The molecule has 0 saturated carbocycles. The van der Waals surface area contributed by atoms with Crippen molar-refractivity contribution in [3.63, 3.8) is 0 Å². The van der Waals surface area contributed by atoms with Crippen molar-refractivity contribution in [3.05, 3.63) is 102 Å². The molecule has 118 valence electrons. The third-order valence-corrected chi connectivity index (χ3v) is 5.07. The molecule has 0 N–H and O–H groups in total. The Morgan fingerprint density at radius 2 is 1.42 bits per heavy atom. The molecule has 0 saturated heterocycles. The van der Waals surface area contributed by atoms with E-state index in [1.165, 1.54) is 0 Å². The molecular formula is C21H16BrNO. The van der Waals surface area contributed by atoms with Gasteiger partial charge in [0, 0.05) is 16.7 Å². The standard InChI is InChI=1S/C21H16BrNO/c22-15-21(17-11-5-2-6-12-17)18-13-7-8-14-19(18)23-20(24-21)16-9-3-1-4-10-16/h1-14H,15H2. The molecule has 1 unspecified atom stereocenters. The summed E-state index contributed by atoms with van der Waals surface area (Å²) in [5.41, 5.74) is 3.52. The molecule has 24 heavy (non-hydrogen) atoms. The van der Waals surface area contributed by atoms with Crippen LogP contribution in [-0.2, 0) is 10.3 Å². The van der Waals surface area contributed by atoms with Crippen LogP contribution in [0.25, 0.3) is 0 Å². The average molecular weight is 378 g/mol. The van der Waals surface area contributed by atoms with Crippen molar-refractivity contribution in [3.8, 4) is 0 Å². The van der Waals surface area contributed by atoms with E-state index in [9.17, 15) is 0 Å². The summed E-state index contributed by atoms with van der Waals surface area (Å²) in [6, 6.07) is 28.5. The Labute approximate surface area is 150 Å². The van der Waals surface area contributed by atoms with E-state index < -0.39 is 5.60 Å². The van der Waals surface area contributed by atoms with Gasteiger partial charge >= 0.3 is 0 Å². The first kappa shape index (κ1) is 15.2. The molecule has 3 heteroatoms. The lowest BCUT2D eigenvalue weighted by atomic mass is 9.86. The van der Waals surface area contributed by atoms with Gasteiger partial charge in [-0.1, -0.05) is 82.7 Å². The van der Waals surface area contributed by atoms with Crippen molar-refractivity contribution >= 4 is 27.5 Å². The van der Waals surface area contributed by atoms with Crippen LogP contribution in [0.2, 0.25) is 0 Å². The highest BCUT2D eigenvalue weighted by Gasteiger charge is 2.41. The molecule has 0 aromatic heterocycles. The molecule has 1 aliphatic heterocycles. The number of para-hydroxylation sites is 1. The van der Waals surface area contributed by atoms with E-state index in [-0.39, 0.29) is 0 Å². The molecule has 0 radical (unpaired) electrons. The molecule has 0 fully saturated rings. The second kappa shape index (κ2) is 6.25. The zero-order valence-corrected chi connectivity index (χ0v) is 14.6. The largest absolute Gasteiger partial charge is 0.460 e. The number of rotatable bonds is 3. The van der Waals surface area contributed by atoms with Crippen molar-refractivity contribution in [2.24, 2.45) is 4.99 Å². The number of halogens is 1. The summed E-state index contributed by atoms with van der Waals surface area (Å²) in [5, 5.41) is 0.646. The minimum Gasteiger partial charge on any atom is -0.460 e. The molecule has 1 heterocycles. The lowest BCUT2D eigenvalue weighted by Crippen LogP contribution is -2.38. The van der Waals surface area contributed by atoms with Crippen LogP contribution in [0.1, 0.15) is 16.7 Å². The Morgan fingerprint density at radius 3 is 2.12 bits per heavy atom. The van der Waals surface area contributed by atoms with Gasteiger partial charge in [-0.3, -0.25) is 0 Å². The topological polar surface area (TPSA) is 21.6 Å². The van der Waals surface area contributed by atoms with Gasteiger partial charge < -0.3 is 4.74 Å². The first-order valence-electron chi connectivity index (χ1n) is 7.87. The van der Waals surface area contributed by atoms with E-state index in [1.807, 2.05) is 66.7 Å². The summed E-state index contributed by atoms with van der Waals surface area (Å²) in [4.78, 5) is 4.76. The summed E-state index contributed by atoms with van der Waals surface area (Å²) >= 11 is 3.69. The number of benzene rings is 3. The number of fused-ring (bicyclic) bond motifs is 1. The Hall–Kier alpha value is -2.39. The lowest BCUT2D eigenvalue weighted by Gasteiger charge is -2.38. The van der Waals surface area contributed by atoms with Crippen LogP contribution in [-0.4, -0.2) is 11.2 Å². The van der Waals surface area contributed by atoms with Crippen molar-refractivity contribution in [1.29, 1.82) is 0 Å². The number of ether oxygens (including phenoxy) is 1. The fourth-order valence-corrected chi connectivity index (χ4v) is 3.81. The zero-order valence-electron chi connectivity index (χ0n) is 13.0. The highest BCUT2D eigenvalue weighted by molar-refractivity contribution is 9.09. The maximum Gasteiger partial charge on any atom is 0.222 e. The molecule has 0 amide bonds. The van der Waals surface area contributed by atoms with Gasteiger partial charge in [0.1, 0.15) is 0 Å². The first-order chi connectivity index (χ1) is 11.8. The van der Waals surface area contributed by atoms with Crippen LogP contribution >= 0.6 is 15.9 Å². The van der Waals surface area contributed by atoms with E-state index in [4.69, 9.17) is 9.73 Å². The van der Waals surface area contributed by atoms with Gasteiger partial charge in [-0.05, 0) is 18.2 Å². The van der Waals surface area contributed by atoms with Crippen LogP contribution in [0.3, 0.4) is 0 Å². The normalized spacial score (nSPS) is 19.1. The summed E-state index contributed by atoms with van der Waals surface area (Å²) in [6.07, 6.45) is 0. The molecule has 1 atom stereocenters. The summed E-state index contributed by atoms with van der Waals surface area (Å²) in [7, 11) is 0. The molecule has 3 aromatic rings. The number of aliphatic imine (C=N–C) groups is 1. The Balaban J connectivity index is 1.94. The van der Waals surface area contributed by atoms with E-state index in [0.29, 0.717) is 11.2 Å². The molecule has 2 nitrogen and oxygen atoms in total. The molecule has 3 aromatic carbocycles. The first-order valence-corrected chi connectivity index (χ1v) is 9.00. The maximum absolute atomic E-state index is 6.52.